The molecule has 0 saturated carbocycles. The third-order valence-electron chi connectivity index (χ3n) is 3.27. The van der Waals surface area contributed by atoms with Crippen LogP contribution in [-0.2, 0) is 6.54 Å². The monoisotopic (exact) mass is 329 g/mol. The number of halogens is 1. The lowest BCUT2D eigenvalue weighted by molar-refractivity contribution is 0.309. The summed E-state index contributed by atoms with van der Waals surface area (Å²) in [6.07, 6.45) is 1.08. The molecule has 0 spiro atoms. The van der Waals surface area contributed by atoms with Crippen molar-refractivity contribution in [1.82, 2.24) is 5.32 Å². The number of ether oxygens (including phenoxy) is 2. The SMILES string of the molecule is CCOc1cc(CNC(C)(C)CC)c(Br)cc1OC. The molecule has 0 aromatic heterocycles. The van der Waals surface area contributed by atoms with Crippen molar-refractivity contribution < 1.29 is 9.47 Å². The van der Waals surface area contributed by atoms with E-state index < -0.39 is 0 Å². The van der Waals surface area contributed by atoms with Gasteiger partial charge in [-0.05, 0) is 44.9 Å². The fraction of sp³-hybridized carbons (Fsp3) is 0.600. The highest BCUT2D eigenvalue weighted by Gasteiger charge is 2.16. The van der Waals surface area contributed by atoms with Gasteiger partial charge in [-0.1, -0.05) is 22.9 Å². The molecule has 0 aliphatic rings. The lowest BCUT2D eigenvalue weighted by atomic mass is 10.0. The molecule has 0 bridgehead atoms. The molecule has 0 heterocycles. The molecular weight excluding hydrogens is 306 g/mol. The Bertz CT molecular complexity index is 419. The minimum Gasteiger partial charge on any atom is -0.493 e. The molecule has 19 heavy (non-hydrogen) atoms. The Morgan fingerprint density at radius 2 is 1.89 bits per heavy atom. The predicted octanol–water partition coefficient (Wildman–Crippen LogP) is 4.13. The van der Waals surface area contributed by atoms with Gasteiger partial charge in [0.25, 0.3) is 0 Å². The van der Waals surface area contributed by atoms with Gasteiger partial charge in [0, 0.05) is 16.6 Å². The number of rotatable bonds is 7. The lowest BCUT2D eigenvalue weighted by Gasteiger charge is -2.25. The largest absolute Gasteiger partial charge is 0.493 e. The molecule has 0 radical (unpaired) electrons. The molecule has 3 nitrogen and oxygen atoms in total. The minimum atomic E-state index is 0.130. The van der Waals surface area contributed by atoms with Crippen molar-refractivity contribution in [2.75, 3.05) is 13.7 Å². The highest BCUT2D eigenvalue weighted by molar-refractivity contribution is 9.10. The topological polar surface area (TPSA) is 30.5 Å². The molecule has 0 aliphatic carbocycles. The number of nitrogens with one attached hydrogen (secondary N) is 1. The van der Waals surface area contributed by atoms with Gasteiger partial charge >= 0.3 is 0 Å². The van der Waals surface area contributed by atoms with E-state index in [1.165, 1.54) is 5.56 Å². The first kappa shape index (κ1) is 16.3. The van der Waals surface area contributed by atoms with Gasteiger partial charge < -0.3 is 14.8 Å². The molecule has 0 saturated heterocycles. The van der Waals surface area contributed by atoms with E-state index in [0.717, 1.165) is 28.9 Å². The molecule has 0 aliphatic heterocycles. The summed E-state index contributed by atoms with van der Waals surface area (Å²) in [5.74, 6) is 1.55. The van der Waals surface area contributed by atoms with Crippen LogP contribution in [0.15, 0.2) is 16.6 Å². The van der Waals surface area contributed by atoms with Crippen LogP contribution in [0.25, 0.3) is 0 Å². The average molecular weight is 330 g/mol. The van der Waals surface area contributed by atoms with Gasteiger partial charge in [-0.2, -0.15) is 0 Å². The van der Waals surface area contributed by atoms with Crippen LogP contribution in [0, 0.1) is 0 Å². The van der Waals surface area contributed by atoms with E-state index >= 15 is 0 Å². The zero-order valence-electron chi connectivity index (χ0n) is 12.5. The van der Waals surface area contributed by atoms with E-state index in [4.69, 9.17) is 9.47 Å². The highest BCUT2D eigenvalue weighted by Crippen LogP contribution is 2.33. The van der Waals surface area contributed by atoms with E-state index in [9.17, 15) is 0 Å². The van der Waals surface area contributed by atoms with Crippen LogP contribution in [0.3, 0.4) is 0 Å². The van der Waals surface area contributed by atoms with Gasteiger partial charge in [-0.25, -0.2) is 0 Å². The Balaban J connectivity index is 2.92. The van der Waals surface area contributed by atoms with Gasteiger partial charge in [0.15, 0.2) is 11.5 Å². The molecule has 0 unspecified atom stereocenters. The second kappa shape index (κ2) is 7.15. The van der Waals surface area contributed by atoms with Crippen LogP contribution >= 0.6 is 15.9 Å². The van der Waals surface area contributed by atoms with Gasteiger partial charge in [-0.15, -0.1) is 0 Å². The van der Waals surface area contributed by atoms with Gasteiger partial charge in [0.1, 0.15) is 0 Å². The van der Waals surface area contributed by atoms with Crippen molar-refractivity contribution in [1.29, 1.82) is 0 Å². The second-order valence-corrected chi connectivity index (χ2v) is 5.97. The Morgan fingerprint density at radius 3 is 2.42 bits per heavy atom. The van der Waals surface area contributed by atoms with Crippen molar-refractivity contribution in [3.63, 3.8) is 0 Å². The van der Waals surface area contributed by atoms with Crippen molar-refractivity contribution in [2.24, 2.45) is 0 Å². The normalized spacial score (nSPS) is 11.5. The molecule has 1 aromatic rings. The zero-order valence-corrected chi connectivity index (χ0v) is 14.1. The summed E-state index contributed by atoms with van der Waals surface area (Å²) in [5, 5.41) is 3.55. The summed E-state index contributed by atoms with van der Waals surface area (Å²) in [5.41, 5.74) is 1.30. The minimum absolute atomic E-state index is 0.130. The Morgan fingerprint density at radius 1 is 1.21 bits per heavy atom. The summed E-state index contributed by atoms with van der Waals surface area (Å²) in [4.78, 5) is 0. The number of hydrogen-bond donors (Lipinski definition) is 1. The van der Waals surface area contributed by atoms with Crippen LogP contribution in [0.5, 0.6) is 11.5 Å². The Kier molecular flexibility index (Phi) is 6.14. The van der Waals surface area contributed by atoms with Crippen LogP contribution in [0.2, 0.25) is 0 Å². The predicted molar refractivity (Wildman–Crippen MR) is 83.1 cm³/mol. The molecule has 4 heteroatoms. The van der Waals surface area contributed by atoms with Crippen molar-refractivity contribution in [3.05, 3.63) is 22.2 Å². The average Bonchev–Trinajstić information content (AvgIpc) is 2.39. The maximum atomic E-state index is 5.61. The standard InChI is InChI=1S/C15H24BrNO2/c1-6-15(3,4)17-10-11-8-14(19-7-2)13(18-5)9-12(11)16/h8-9,17H,6-7,10H2,1-5H3. The molecule has 108 valence electrons. The van der Waals surface area contributed by atoms with E-state index in [1.54, 1.807) is 7.11 Å². The smallest absolute Gasteiger partial charge is 0.161 e. The first-order valence-electron chi connectivity index (χ1n) is 6.67. The fourth-order valence-electron chi connectivity index (χ4n) is 1.60. The van der Waals surface area contributed by atoms with Crippen LogP contribution < -0.4 is 14.8 Å². The van der Waals surface area contributed by atoms with Gasteiger partial charge in [0.05, 0.1) is 13.7 Å². The van der Waals surface area contributed by atoms with Crippen molar-refractivity contribution in [3.8, 4) is 11.5 Å². The number of hydrogen-bond acceptors (Lipinski definition) is 3. The molecule has 0 amide bonds. The molecule has 1 N–H and O–H groups in total. The maximum absolute atomic E-state index is 5.61. The molecule has 0 atom stereocenters. The molecule has 1 rings (SSSR count). The number of benzene rings is 1. The fourth-order valence-corrected chi connectivity index (χ4v) is 2.06. The lowest BCUT2D eigenvalue weighted by Crippen LogP contribution is -2.37. The zero-order chi connectivity index (χ0) is 14.5. The third kappa shape index (κ3) is 4.69. The summed E-state index contributed by atoms with van der Waals surface area (Å²) < 4.78 is 12.0. The summed E-state index contributed by atoms with van der Waals surface area (Å²) >= 11 is 3.59. The van der Waals surface area contributed by atoms with E-state index in [0.29, 0.717) is 6.61 Å². The highest BCUT2D eigenvalue weighted by atomic mass is 79.9. The Labute approximate surface area is 124 Å². The summed E-state index contributed by atoms with van der Waals surface area (Å²) in [6, 6.07) is 3.99. The van der Waals surface area contributed by atoms with E-state index in [-0.39, 0.29) is 5.54 Å². The first-order chi connectivity index (χ1) is 8.93. The summed E-state index contributed by atoms with van der Waals surface area (Å²) in [6.45, 7) is 9.99. The van der Waals surface area contributed by atoms with E-state index in [2.05, 4.69) is 42.0 Å². The first-order valence-corrected chi connectivity index (χ1v) is 7.47. The quantitative estimate of drug-likeness (QED) is 0.815. The Hall–Kier alpha value is -0.740. The second-order valence-electron chi connectivity index (χ2n) is 5.12. The van der Waals surface area contributed by atoms with Gasteiger partial charge in [-0.3, -0.25) is 0 Å². The van der Waals surface area contributed by atoms with Crippen LogP contribution in [0.4, 0.5) is 0 Å². The molecule has 0 fully saturated rings. The molecule has 1 aromatic carbocycles. The number of methoxy groups -OCH3 is 1. The maximum Gasteiger partial charge on any atom is 0.161 e. The van der Waals surface area contributed by atoms with Crippen LogP contribution in [-0.4, -0.2) is 19.3 Å². The van der Waals surface area contributed by atoms with Crippen molar-refractivity contribution in [2.45, 2.75) is 46.2 Å². The molecular formula is C15H24BrNO2. The van der Waals surface area contributed by atoms with Crippen LogP contribution in [0.1, 0.15) is 39.7 Å². The van der Waals surface area contributed by atoms with E-state index in [1.807, 2.05) is 19.1 Å². The van der Waals surface area contributed by atoms with Gasteiger partial charge in [0.2, 0.25) is 0 Å². The summed E-state index contributed by atoms with van der Waals surface area (Å²) in [7, 11) is 1.66. The van der Waals surface area contributed by atoms with Crippen molar-refractivity contribution >= 4 is 15.9 Å². The third-order valence-corrected chi connectivity index (χ3v) is 4.01.